The molecular formula is C19H29N3O2. The first-order valence-corrected chi connectivity index (χ1v) is 9.21. The van der Waals surface area contributed by atoms with Gasteiger partial charge in [0.25, 0.3) is 0 Å². The van der Waals surface area contributed by atoms with Crippen LogP contribution in [0.25, 0.3) is 0 Å². The second-order valence-corrected chi connectivity index (χ2v) is 7.32. The zero-order valence-electron chi connectivity index (χ0n) is 14.5. The molecule has 0 spiro atoms. The van der Waals surface area contributed by atoms with Gasteiger partial charge >= 0.3 is 6.03 Å². The minimum absolute atomic E-state index is 0.157. The molecule has 0 atom stereocenters. The Balaban J connectivity index is 1.48. The minimum atomic E-state index is -0.198. The van der Waals surface area contributed by atoms with Crippen LogP contribution in [0.4, 0.5) is 16.2 Å². The summed E-state index contributed by atoms with van der Waals surface area (Å²) in [7, 11) is 0. The van der Waals surface area contributed by atoms with Crippen LogP contribution in [0.3, 0.4) is 0 Å². The molecule has 24 heavy (non-hydrogen) atoms. The average molecular weight is 331 g/mol. The third-order valence-electron chi connectivity index (χ3n) is 5.31. The van der Waals surface area contributed by atoms with Crippen LogP contribution in [-0.2, 0) is 0 Å². The number of carbonyl (C=O) groups is 1. The van der Waals surface area contributed by atoms with Crippen molar-refractivity contribution >= 4 is 17.4 Å². The van der Waals surface area contributed by atoms with Crippen LogP contribution in [0.2, 0.25) is 0 Å². The lowest BCUT2D eigenvalue weighted by atomic mass is 9.93. The van der Waals surface area contributed by atoms with E-state index in [0.717, 1.165) is 50.4 Å². The van der Waals surface area contributed by atoms with E-state index in [9.17, 15) is 9.90 Å². The van der Waals surface area contributed by atoms with E-state index in [1.54, 1.807) is 0 Å². The summed E-state index contributed by atoms with van der Waals surface area (Å²) in [4.78, 5) is 14.5. The Morgan fingerprint density at radius 2 is 1.67 bits per heavy atom. The molecule has 2 aliphatic rings. The van der Waals surface area contributed by atoms with E-state index in [2.05, 4.69) is 34.6 Å². The van der Waals surface area contributed by atoms with Crippen molar-refractivity contribution in [3.63, 3.8) is 0 Å². The molecule has 2 fully saturated rings. The van der Waals surface area contributed by atoms with Crippen LogP contribution >= 0.6 is 0 Å². The number of hydrogen-bond acceptors (Lipinski definition) is 3. The lowest BCUT2D eigenvalue weighted by Crippen LogP contribution is -2.40. The molecule has 1 saturated heterocycles. The third-order valence-corrected chi connectivity index (χ3v) is 5.31. The van der Waals surface area contributed by atoms with E-state index in [0.29, 0.717) is 0 Å². The first-order valence-electron chi connectivity index (χ1n) is 9.21. The number of anilines is 2. The lowest BCUT2D eigenvalue weighted by molar-refractivity contribution is 0.118. The van der Waals surface area contributed by atoms with Crippen molar-refractivity contribution in [2.24, 2.45) is 5.92 Å². The summed E-state index contributed by atoms with van der Waals surface area (Å²) in [5.74, 6) is 0.826. The summed E-state index contributed by atoms with van der Waals surface area (Å²) in [6, 6.07) is 8.12. The van der Waals surface area contributed by atoms with Gasteiger partial charge in [-0.15, -0.1) is 0 Å². The molecule has 3 rings (SSSR count). The van der Waals surface area contributed by atoms with Gasteiger partial charge in [0, 0.05) is 30.5 Å². The van der Waals surface area contributed by atoms with Crippen LogP contribution in [0, 0.1) is 5.92 Å². The molecule has 1 aliphatic carbocycles. The summed E-state index contributed by atoms with van der Waals surface area (Å²) >= 11 is 0. The summed E-state index contributed by atoms with van der Waals surface area (Å²) in [6.45, 7) is 4.54. The van der Waals surface area contributed by atoms with E-state index < -0.39 is 0 Å². The smallest absolute Gasteiger partial charge is 0.319 e. The quantitative estimate of drug-likeness (QED) is 0.796. The van der Waals surface area contributed by atoms with Gasteiger partial charge in [0.1, 0.15) is 0 Å². The van der Waals surface area contributed by atoms with Crippen molar-refractivity contribution in [1.29, 1.82) is 0 Å². The second-order valence-electron chi connectivity index (χ2n) is 7.32. The number of urea groups is 1. The van der Waals surface area contributed by atoms with E-state index in [4.69, 9.17) is 0 Å². The van der Waals surface area contributed by atoms with Gasteiger partial charge in [-0.2, -0.15) is 0 Å². The molecule has 0 bridgehead atoms. The summed E-state index contributed by atoms with van der Waals surface area (Å²) in [6.07, 6.45) is 5.54. The van der Waals surface area contributed by atoms with Crippen molar-refractivity contribution in [3.8, 4) is 0 Å². The highest BCUT2D eigenvalue weighted by Gasteiger charge is 2.21. The van der Waals surface area contributed by atoms with Gasteiger partial charge in [0.15, 0.2) is 0 Å². The standard InChI is InChI=1S/C19H29N3O2/c1-14-10-12-22(13-11-14)17-6-2-15(3-7-17)20-19(24)21-16-4-8-18(23)9-5-16/h2-3,6-7,14,16,18,23H,4-5,8-13H2,1H3,(H2,20,21,24). The molecule has 132 valence electrons. The van der Waals surface area contributed by atoms with E-state index >= 15 is 0 Å². The molecule has 1 aliphatic heterocycles. The fourth-order valence-corrected chi connectivity index (χ4v) is 3.60. The Hall–Kier alpha value is -1.75. The summed E-state index contributed by atoms with van der Waals surface area (Å²) in [5, 5.41) is 15.4. The maximum Gasteiger partial charge on any atom is 0.319 e. The fourth-order valence-electron chi connectivity index (χ4n) is 3.60. The number of rotatable bonds is 3. The van der Waals surface area contributed by atoms with Crippen LogP contribution in [0.1, 0.15) is 45.4 Å². The monoisotopic (exact) mass is 331 g/mol. The summed E-state index contributed by atoms with van der Waals surface area (Å²) < 4.78 is 0. The molecule has 1 saturated carbocycles. The number of piperidine rings is 1. The van der Waals surface area contributed by atoms with E-state index in [-0.39, 0.29) is 18.2 Å². The van der Waals surface area contributed by atoms with Gasteiger partial charge in [-0.1, -0.05) is 6.92 Å². The Kier molecular flexibility index (Phi) is 5.61. The maximum absolute atomic E-state index is 12.1. The number of carbonyl (C=O) groups excluding carboxylic acids is 1. The molecule has 1 aromatic rings. The average Bonchev–Trinajstić information content (AvgIpc) is 2.58. The fraction of sp³-hybridized carbons (Fsp3) is 0.632. The molecule has 1 heterocycles. The molecule has 0 aromatic heterocycles. The largest absolute Gasteiger partial charge is 0.393 e. The highest BCUT2D eigenvalue weighted by molar-refractivity contribution is 5.89. The third kappa shape index (κ3) is 4.63. The molecule has 5 heteroatoms. The highest BCUT2D eigenvalue weighted by atomic mass is 16.3. The molecule has 2 amide bonds. The minimum Gasteiger partial charge on any atom is -0.393 e. The van der Waals surface area contributed by atoms with Gasteiger partial charge in [-0.3, -0.25) is 0 Å². The number of benzene rings is 1. The normalized spacial score (nSPS) is 25.3. The summed E-state index contributed by atoms with van der Waals surface area (Å²) in [5.41, 5.74) is 2.05. The predicted octanol–water partition coefficient (Wildman–Crippen LogP) is 3.35. The number of aliphatic hydroxyl groups excluding tert-OH is 1. The first-order chi connectivity index (χ1) is 11.6. The van der Waals surface area contributed by atoms with Gasteiger partial charge < -0.3 is 20.6 Å². The molecule has 3 N–H and O–H groups in total. The SMILES string of the molecule is CC1CCN(c2ccc(NC(=O)NC3CCC(O)CC3)cc2)CC1. The van der Waals surface area contributed by atoms with Crippen LogP contribution in [0.15, 0.2) is 24.3 Å². The van der Waals surface area contributed by atoms with Gasteiger partial charge in [0.2, 0.25) is 0 Å². The Labute approximate surface area is 144 Å². The van der Waals surface area contributed by atoms with Crippen LogP contribution in [-0.4, -0.2) is 36.4 Å². The number of nitrogens with zero attached hydrogens (tertiary/aromatic N) is 1. The van der Waals surface area contributed by atoms with Crippen molar-refractivity contribution < 1.29 is 9.90 Å². The van der Waals surface area contributed by atoms with E-state index in [1.807, 2.05) is 12.1 Å². The van der Waals surface area contributed by atoms with Crippen molar-refractivity contribution in [2.45, 2.75) is 57.6 Å². The van der Waals surface area contributed by atoms with Gasteiger partial charge in [-0.25, -0.2) is 4.79 Å². The molecule has 0 unspecified atom stereocenters. The number of nitrogens with one attached hydrogen (secondary N) is 2. The zero-order valence-corrected chi connectivity index (χ0v) is 14.5. The predicted molar refractivity (Wildman–Crippen MR) is 97.5 cm³/mol. The lowest BCUT2D eigenvalue weighted by Gasteiger charge is -2.32. The van der Waals surface area contributed by atoms with Crippen LogP contribution < -0.4 is 15.5 Å². The number of aliphatic hydroxyl groups is 1. The van der Waals surface area contributed by atoms with Crippen molar-refractivity contribution in [3.05, 3.63) is 24.3 Å². The van der Waals surface area contributed by atoms with Crippen molar-refractivity contribution in [1.82, 2.24) is 5.32 Å². The topological polar surface area (TPSA) is 64.6 Å². The Bertz CT molecular complexity index is 530. The zero-order chi connectivity index (χ0) is 16.9. The number of amides is 2. The highest BCUT2D eigenvalue weighted by Crippen LogP contribution is 2.24. The van der Waals surface area contributed by atoms with Crippen molar-refractivity contribution in [2.75, 3.05) is 23.3 Å². The Morgan fingerprint density at radius 1 is 1.04 bits per heavy atom. The number of hydrogen-bond donors (Lipinski definition) is 3. The van der Waals surface area contributed by atoms with Gasteiger partial charge in [-0.05, 0) is 68.7 Å². The molecule has 5 nitrogen and oxygen atoms in total. The molecular weight excluding hydrogens is 302 g/mol. The molecule has 0 radical (unpaired) electrons. The second kappa shape index (κ2) is 7.88. The van der Waals surface area contributed by atoms with Gasteiger partial charge in [0.05, 0.1) is 6.10 Å². The van der Waals surface area contributed by atoms with E-state index in [1.165, 1.54) is 18.5 Å². The Morgan fingerprint density at radius 3 is 2.29 bits per heavy atom. The first kappa shape index (κ1) is 17.1. The van der Waals surface area contributed by atoms with Crippen LogP contribution in [0.5, 0.6) is 0 Å². The maximum atomic E-state index is 12.1. The molecule has 1 aromatic carbocycles.